The van der Waals surface area contributed by atoms with Crippen molar-refractivity contribution in [3.8, 4) is 0 Å². The first-order chi connectivity index (χ1) is 6.81. The van der Waals surface area contributed by atoms with E-state index in [1.54, 1.807) is 0 Å². The van der Waals surface area contributed by atoms with Gasteiger partial charge in [0, 0.05) is 11.6 Å². The molecule has 1 nitrogen and oxygen atoms in total. The van der Waals surface area contributed by atoms with Crippen LogP contribution >= 0.6 is 11.6 Å². The highest BCUT2D eigenvalue weighted by atomic mass is 35.5. The summed E-state index contributed by atoms with van der Waals surface area (Å²) in [5.74, 6) is 0. The first-order valence-electron chi connectivity index (χ1n) is 4.99. The molecule has 0 saturated carbocycles. The lowest BCUT2D eigenvalue weighted by Crippen LogP contribution is -2.00. The molecule has 14 heavy (non-hydrogen) atoms. The molecule has 1 aromatic rings. The number of rotatable bonds is 2. The molecule has 1 aliphatic rings. The smallest absolute Gasteiger partial charge is 0.0412 e. The molecule has 0 amide bonds. The lowest BCUT2D eigenvalue weighted by atomic mass is 9.99. The second-order valence-corrected chi connectivity index (χ2v) is 4.06. The Morgan fingerprint density at radius 3 is 2.86 bits per heavy atom. The SMILES string of the molecule is NCc1ccc(Cl)cc1C1=CCCC1. The summed E-state index contributed by atoms with van der Waals surface area (Å²) in [4.78, 5) is 0. The van der Waals surface area contributed by atoms with Gasteiger partial charge in [0.2, 0.25) is 0 Å². The van der Waals surface area contributed by atoms with Crippen LogP contribution in [0.15, 0.2) is 24.3 Å². The first kappa shape index (κ1) is 9.75. The van der Waals surface area contributed by atoms with Crippen LogP contribution in [0, 0.1) is 0 Å². The summed E-state index contributed by atoms with van der Waals surface area (Å²) >= 11 is 5.98. The summed E-state index contributed by atoms with van der Waals surface area (Å²) in [6, 6.07) is 5.96. The van der Waals surface area contributed by atoms with Gasteiger partial charge in [-0.3, -0.25) is 0 Å². The quantitative estimate of drug-likeness (QED) is 0.791. The van der Waals surface area contributed by atoms with Gasteiger partial charge in [0.05, 0.1) is 0 Å². The number of allylic oxidation sites excluding steroid dienone is 2. The van der Waals surface area contributed by atoms with Crippen molar-refractivity contribution >= 4 is 17.2 Å². The van der Waals surface area contributed by atoms with Gasteiger partial charge in [-0.05, 0) is 48.1 Å². The third kappa shape index (κ3) is 1.84. The number of benzene rings is 1. The minimum Gasteiger partial charge on any atom is -0.326 e. The van der Waals surface area contributed by atoms with Gasteiger partial charge in [-0.2, -0.15) is 0 Å². The fraction of sp³-hybridized carbons (Fsp3) is 0.333. The summed E-state index contributed by atoms with van der Waals surface area (Å²) in [5.41, 5.74) is 9.55. The highest BCUT2D eigenvalue weighted by Gasteiger charge is 2.10. The van der Waals surface area contributed by atoms with Crippen LogP contribution < -0.4 is 5.73 Å². The van der Waals surface area contributed by atoms with Crippen LogP contribution in [-0.2, 0) is 6.54 Å². The molecule has 0 atom stereocenters. The van der Waals surface area contributed by atoms with Crippen molar-refractivity contribution in [2.24, 2.45) is 5.73 Å². The van der Waals surface area contributed by atoms with E-state index in [0.29, 0.717) is 6.54 Å². The van der Waals surface area contributed by atoms with Crippen molar-refractivity contribution in [1.82, 2.24) is 0 Å². The Balaban J connectivity index is 2.43. The molecule has 0 aromatic heterocycles. The fourth-order valence-electron chi connectivity index (χ4n) is 1.94. The topological polar surface area (TPSA) is 26.0 Å². The van der Waals surface area contributed by atoms with E-state index in [0.717, 1.165) is 11.4 Å². The third-order valence-corrected chi connectivity index (χ3v) is 2.91. The Labute approximate surface area is 89.6 Å². The van der Waals surface area contributed by atoms with E-state index >= 15 is 0 Å². The molecule has 1 aliphatic carbocycles. The van der Waals surface area contributed by atoms with Crippen LogP contribution in [0.4, 0.5) is 0 Å². The Morgan fingerprint density at radius 2 is 2.21 bits per heavy atom. The van der Waals surface area contributed by atoms with Crippen molar-refractivity contribution in [3.63, 3.8) is 0 Å². The Hall–Kier alpha value is -0.790. The summed E-state index contributed by atoms with van der Waals surface area (Å²) < 4.78 is 0. The molecule has 0 fully saturated rings. The molecule has 0 bridgehead atoms. The summed E-state index contributed by atoms with van der Waals surface area (Å²) in [6.07, 6.45) is 5.90. The summed E-state index contributed by atoms with van der Waals surface area (Å²) in [6.45, 7) is 0.587. The van der Waals surface area contributed by atoms with Crippen molar-refractivity contribution in [2.45, 2.75) is 25.8 Å². The first-order valence-corrected chi connectivity index (χ1v) is 5.37. The largest absolute Gasteiger partial charge is 0.326 e. The molecule has 2 rings (SSSR count). The molecule has 0 heterocycles. The third-order valence-electron chi connectivity index (χ3n) is 2.68. The highest BCUT2D eigenvalue weighted by Crippen LogP contribution is 2.31. The number of halogens is 1. The molecular formula is C12H14ClN. The predicted molar refractivity (Wildman–Crippen MR) is 61.2 cm³/mol. The fourth-order valence-corrected chi connectivity index (χ4v) is 2.11. The Morgan fingerprint density at radius 1 is 1.36 bits per heavy atom. The normalized spacial score (nSPS) is 15.7. The average molecular weight is 208 g/mol. The second-order valence-electron chi connectivity index (χ2n) is 3.63. The molecule has 0 radical (unpaired) electrons. The van der Waals surface area contributed by atoms with Crippen LogP contribution in [0.3, 0.4) is 0 Å². The van der Waals surface area contributed by atoms with Crippen LogP contribution in [0.1, 0.15) is 30.4 Å². The van der Waals surface area contributed by atoms with Gasteiger partial charge in [-0.15, -0.1) is 0 Å². The molecule has 2 heteroatoms. The van der Waals surface area contributed by atoms with Gasteiger partial charge in [-0.1, -0.05) is 23.7 Å². The minimum absolute atomic E-state index is 0.587. The zero-order chi connectivity index (χ0) is 9.97. The molecule has 0 unspecified atom stereocenters. The average Bonchev–Trinajstić information content (AvgIpc) is 2.70. The van der Waals surface area contributed by atoms with Crippen molar-refractivity contribution in [2.75, 3.05) is 0 Å². The minimum atomic E-state index is 0.587. The van der Waals surface area contributed by atoms with Crippen molar-refractivity contribution in [3.05, 3.63) is 40.4 Å². The lowest BCUT2D eigenvalue weighted by molar-refractivity contribution is 0.933. The van der Waals surface area contributed by atoms with E-state index in [2.05, 4.69) is 6.08 Å². The maximum atomic E-state index is 5.98. The van der Waals surface area contributed by atoms with E-state index in [-0.39, 0.29) is 0 Å². The molecule has 2 N–H and O–H groups in total. The van der Waals surface area contributed by atoms with Crippen LogP contribution in [0.25, 0.3) is 5.57 Å². The van der Waals surface area contributed by atoms with Gasteiger partial charge in [0.15, 0.2) is 0 Å². The van der Waals surface area contributed by atoms with Crippen molar-refractivity contribution in [1.29, 1.82) is 0 Å². The van der Waals surface area contributed by atoms with E-state index < -0.39 is 0 Å². The van der Waals surface area contributed by atoms with E-state index in [4.69, 9.17) is 17.3 Å². The molecule has 0 aliphatic heterocycles. The molecular weight excluding hydrogens is 194 g/mol. The summed E-state index contributed by atoms with van der Waals surface area (Å²) in [7, 11) is 0. The maximum Gasteiger partial charge on any atom is 0.0412 e. The van der Waals surface area contributed by atoms with Crippen molar-refractivity contribution < 1.29 is 0 Å². The molecule has 1 aromatic carbocycles. The lowest BCUT2D eigenvalue weighted by Gasteiger charge is -2.09. The van der Waals surface area contributed by atoms with Crippen LogP contribution in [0.5, 0.6) is 0 Å². The van der Waals surface area contributed by atoms with Crippen LogP contribution in [-0.4, -0.2) is 0 Å². The molecule has 74 valence electrons. The predicted octanol–water partition coefficient (Wildman–Crippen LogP) is 3.37. The molecule has 0 spiro atoms. The summed E-state index contributed by atoms with van der Waals surface area (Å²) in [5, 5.41) is 0.796. The van der Waals surface area contributed by atoms with Gasteiger partial charge in [0.1, 0.15) is 0 Å². The zero-order valence-corrected chi connectivity index (χ0v) is 8.85. The molecule has 0 saturated heterocycles. The van der Waals surface area contributed by atoms with Gasteiger partial charge >= 0.3 is 0 Å². The number of nitrogens with two attached hydrogens (primary N) is 1. The standard InChI is InChI=1S/C12H14ClN/c13-11-6-5-10(8-14)12(7-11)9-3-1-2-4-9/h3,5-7H,1-2,4,8,14H2. The second kappa shape index (κ2) is 4.16. The van der Waals surface area contributed by atoms with Gasteiger partial charge in [-0.25, -0.2) is 0 Å². The van der Waals surface area contributed by atoms with E-state index in [1.807, 2.05) is 18.2 Å². The Kier molecular flexibility index (Phi) is 2.90. The maximum absolute atomic E-state index is 5.98. The van der Waals surface area contributed by atoms with E-state index in [9.17, 15) is 0 Å². The van der Waals surface area contributed by atoms with E-state index in [1.165, 1.54) is 29.5 Å². The number of hydrogen-bond acceptors (Lipinski definition) is 1. The van der Waals surface area contributed by atoms with Crippen LogP contribution in [0.2, 0.25) is 5.02 Å². The highest BCUT2D eigenvalue weighted by molar-refractivity contribution is 6.30. The number of hydrogen-bond donors (Lipinski definition) is 1. The Bertz CT molecular complexity index is 369. The zero-order valence-electron chi connectivity index (χ0n) is 8.09. The monoisotopic (exact) mass is 207 g/mol. The van der Waals surface area contributed by atoms with Gasteiger partial charge < -0.3 is 5.73 Å². The van der Waals surface area contributed by atoms with Gasteiger partial charge in [0.25, 0.3) is 0 Å².